The first kappa shape index (κ1) is 30.2. The van der Waals surface area contributed by atoms with Crippen molar-refractivity contribution in [3.63, 3.8) is 0 Å². The summed E-state index contributed by atoms with van der Waals surface area (Å²) in [4.78, 5) is 2.50. The molecule has 1 nitrogen and oxygen atoms in total. The zero-order chi connectivity index (χ0) is 34.2. The van der Waals surface area contributed by atoms with E-state index in [2.05, 4.69) is 176 Å². The zero-order valence-electron chi connectivity index (χ0n) is 30.3. The lowest BCUT2D eigenvalue weighted by molar-refractivity contribution is 0.659. The maximum atomic E-state index is 2.50. The second-order valence-corrected chi connectivity index (χ2v) is 16.5. The molecule has 6 aromatic carbocycles. The average molecular weight is 636 g/mol. The van der Waals surface area contributed by atoms with E-state index in [-0.39, 0.29) is 16.2 Å². The van der Waals surface area contributed by atoms with Crippen molar-refractivity contribution < 1.29 is 0 Å². The third kappa shape index (κ3) is 4.11. The Morgan fingerprint density at radius 1 is 0.306 bits per heavy atom. The third-order valence-corrected chi connectivity index (χ3v) is 12.2. The molecular formula is C48H45N. The largest absolute Gasteiger partial charge is 0.310 e. The van der Waals surface area contributed by atoms with Crippen molar-refractivity contribution in [2.75, 3.05) is 4.90 Å². The first-order chi connectivity index (χ1) is 23.3. The van der Waals surface area contributed by atoms with Crippen LogP contribution in [0.25, 0.3) is 33.4 Å². The topological polar surface area (TPSA) is 3.24 Å². The number of anilines is 3. The number of nitrogens with zero attached hydrogens (tertiary/aromatic N) is 1. The lowest BCUT2D eigenvalue weighted by Gasteiger charge is -2.30. The van der Waals surface area contributed by atoms with Gasteiger partial charge in [-0.15, -0.1) is 0 Å². The molecule has 49 heavy (non-hydrogen) atoms. The highest BCUT2D eigenvalue weighted by Gasteiger charge is 2.39. The maximum absolute atomic E-state index is 2.50. The van der Waals surface area contributed by atoms with Crippen molar-refractivity contribution in [1.82, 2.24) is 0 Å². The van der Waals surface area contributed by atoms with Gasteiger partial charge in [-0.3, -0.25) is 0 Å². The molecule has 0 aliphatic heterocycles. The van der Waals surface area contributed by atoms with E-state index in [1.807, 2.05) is 0 Å². The van der Waals surface area contributed by atoms with Gasteiger partial charge in [-0.2, -0.15) is 0 Å². The quantitative estimate of drug-likeness (QED) is 0.187. The monoisotopic (exact) mass is 635 g/mol. The molecule has 0 N–H and O–H groups in total. The van der Waals surface area contributed by atoms with Gasteiger partial charge >= 0.3 is 0 Å². The van der Waals surface area contributed by atoms with Gasteiger partial charge in [-0.1, -0.05) is 131 Å². The molecular weight excluding hydrogens is 591 g/mol. The Morgan fingerprint density at radius 2 is 0.612 bits per heavy atom. The molecule has 0 aromatic heterocycles. The van der Waals surface area contributed by atoms with Crippen LogP contribution in [-0.4, -0.2) is 0 Å². The van der Waals surface area contributed by atoms with Crippen LogP contribution in [0.2, 0.25) is 0 Å². The minimum absolute atomic E-state index is 0.0391. The van der Waals surface area contributed by atoms with E-state index in [1.54, 1.807) is 0 Å². The van der Waals surface area contributed by atoms with Crippen molar-refractivity contribution in [3.8, 4) is 33.4 Å². The van der Waals surface area contributed by atoms with Crippen molar-refractivity contribution in [2.45, 2.75) is 78.6 Å². The predicted octanol–water partition coefficient (Wildman–Crippen LogP) is 13.0. The van der Waals surface area contributed by atoms with Crippen LogP contribution in [-0.2, 0) is 16.2 Å². The molecule has 0 fully saturated rings. The van der Waals surface area contributed by atoms with Crippen LogP contribution in [0.4, 0.5) is 17.1 Å². The Morgan fingerprint density at radius 3 is 1.04 bits per heavy atom. The average Bonchev–Trinajstić information content (AvgIpc) is 3.53. The summed E-state index contributed by atoms with van der Waals surface area (Å²) in [5, 5.41) is 0. The van der Waals surface area contributed by atoms with Gasteiger partial charge < -0.3 is 4.90 Å². The van der Waals surface area contributed by atoms with Gasteiger partial charge in [0.05, 0.1) is 0 Å². The summed E-state index contributed by atoms with van der Waals surface area (Å²) < 4.78 is 0. The first-order valence-electron chi connectivity index (χ1n) is 17.8. The SMILES string of the molecule is Cc1ccc2c(c1)C(C)(C)c1ccc(N(c3ccc4c(c3)-c3ccc(C)cc3C4(C)C)c3ccc4c(c3)C(C)(C)c3cc(C)ccc3-4)cc1-2. The van der Waals surface area contributed by atoms with Crippen LogP contribution >= 0.6 is 0 Å². The van der Waals surface area contributed by atoms with Crippen molar-refractivity contribution in [1.29, 1.82) is 0 Å². The number of benzene rings is 6. The fourth-order valence-electron chi connectivity index (χ4n) is 9.41. The normalized spacial score (nSPS) is 16.3. The maximum Gasteiger partial charge on any atom is 0.0468 e. The first-order valence-corrected chi connectivity index (χ1v) is 17.8. The van der Waals surface area contributed by atoms with E-state index < -0.39 is 0 Å². The molecule has 0 spiro atoms. The molecule has 3 aliphatic carbocycles. The summed E-state index contributed by atoms with van der Waals surface area (Å²) in [6.07, 6.45) is 0. The Kier molecular flexibility index (Phi) is 6.07. The van der Waals surface area contributed by atoms with Crippen LogP contribution < -0.4 is 4.90 Å². The highest BCUT2D eigenvalue weighted by atomic mass is 15.1. The predicted molar refractivity (Wildman–Crippen MR) is 208 cm³/mol. The van der Waals surface area contributed by atoms with Gasteiger partial charge in [0, 0.05) is 33.3 Å². The second kappa shape index (κ2) is 9.85. The number of hydrogen-bond donors (Lipinski definition) is 0. The summed E-state index contributed by atoms with van der Waals surface area (Å²) in [5.41, 5.74) is 23.9. The van der Waals surface area contributed by atoms with Crippen LogP contribution in [0, 0.1) is 20.8 Å². The Balaban J connectivity index is 1.27. The van der Waals surface area contributed by atoms with Crippen molar-refractivity contribution >= 4 is 17.1 Å². The lowest BCUT2D eigenvalue weighted by atomic mass is 9.81. The van der Waals surface area contributed by atoms with E-state index in [9.17, 15) is 0 Å². The number of hydrogen-bond acceptors (Lipinski definition) is 1. The van der Waals surface area contributed by atoms with Gasteiger partial charge in [-0.25, -0.2) is 0 Å². The second-order valence-electron chi connectivity index (χ2n) is 16.5. The Bertz CT molecular complexity index is 2290. The fourth-order valence-corrected chi connectivity index (χ4v) is 9.41. The minimum atomic E-state index is -0.0874. The molecule has 1 heteroatoms. The van der Waals surface area contributed by atoms with Crippen LogP contribution in [0.1, 0.15) is 91.6 Å². The van der Waals surface area contributed by atoms with E-state index in [0.29, 0.717) is 0 Å². The molecule has 9 rings (SSSR count). The van der Waals surface area contributed by atoms with E-state index in [1.165, 1.54) is 101 Å². The number of aryl methyl sites for hydroxylation is 3. The smallest absolute Gasteiger partial charge is 0.0468 e. The number of rotatable bonds is 3. The fraction of sp³-hybridized carbons (Fsp3) is 0.250. The Hall–Kier alpha value is -4.88. The molecule has 0 amide bonds. The van der Waals surface area contributed by atoms with Gasteiger partial charge in [-0.05, 0) is 124 Å². The molecule has 0 saturated heterocycles. The summed E-state index contributed by atoms with van der Waals surface area (Å²) in [6, 6.07) is 42.5. The summed E-state index contributed by atoms with van der Waals surface area (Å²) in [7, 11) is 0. The molecule has 0 radical (unpaired) electrons. The van der Waals surface area contributed by atoms with Crippen molar-refractivity contribution in [2.24, 2.45) is 0 Å². The zero-order valence-corrected chi connectivity index (χ0v) is 30.3. The lowest BCUT2D eigenvalue weighted by Crippen LogP contribution is -2.17. The summed E-state index contributed by atoms with van der Waals surface area (Å²) >= 11 is 0. The summed E-state index contributed by atoms with van der Waals surface area (Å²) in [6.45, 7) is 20.9. The molecule has 242 valence electrons. The summed E-state index contributed by atoms with van der Waals surface area (Å²) in [5.74, 6) is 0. The molecule has 0 unspecified atom stereocenters. The van der Waals surface area contributed by atoms with Crippen LogP contribution in [0.3, 0.4) is 0 Å². The number of fused-ring (bicyclic) bond motifs is 9. The van der Waals surface area contributed by atoms with Gasteiger partial charge in [0.1, 0.15) is 0 Å². The van der Waals surface area contributed by atoms with Gasteiger partial charge in [0.15, 0.2) is 0 Å². The van der Waals surface area contributed by atoms with E-state index in [0.717, 1.165) is 0 Å². The van der Waals surface area contributed by atoms with Gasteiger partial charge in [0.2, 0.25) is 0 Å². The van der Waals surface area contributed by atoms with Crippen LogP contribution in [0.15, 0.2) is 109 Å². The highest BCUT2D eigenvalue weighted by molar-refractivity contribution is 5.91. The van der Waals surface area contributed by atoms with E-state index >= 15 is 0 Å². The van der Waals surface area contributed by atoms with Crippen molar-refractivity contribution in [3.05, 3.63) is 159 Å². The molecule has 0 bridgehead atoms. The molecule has 6 aromatic rings. The van der Waals surface area contributed by atoms with Gasteiger partial charge in [0.25, 0.3) is 0 Å². The standard InChI is InChI=1S/C48H45N/c1-28-10-16-34-35-19-13-33(27-45(35)48(8,9)42(34)22-28)49(31-14-20-40-38(25-31)36-17-11-29(2)23-43(36)46(40,4)5)32-15-21-41-39(26-32)37-18-12-30(3)24-44(37)47(41,6)7/h10-27H,1-9H3. The minimum Gasteiger partial charge on any atom is -0.310 e. The molecule has 0 atom stereocenters. The van der Waals surface area contributed by atoms with Crippen LogP contribution in [0.5, 0.6) is 0 Å². The molecule has 0 saturated carbocycles. The highest BCUT2D eigenvalue weighted by Crippen LogP contribution is 2.55. The third-order valence-electron chi connectivity index (χ3n) is 12.2. The van der Waals surface area contributed by atoms with E-state index in [4.69, 9.17) is 0 Å². The Labute approximate surface area is 292 Å². The molecule has 3 aliphatic rings. The molecule has 0 heterocycles.